The molecule has 1 heterocycles. The molecular weight excluding hydrogens is 369 g/mol. The standard InChI is InChI=1S/C14H25N3S.HI/c1-5-12-6-7-13(18-12)10-17-14(15-4)16-9-8-11(2)3;/h6-7,11H,5,8-10H2,1-4H3,(H2,15,16,17);1H. The van der Waals surface area contributed by atoms with E-state index in [1.807, 2.05) is 18.4 Å². The minimum absolute atomic E-state index is 0. The van der Waals surface area contributed by atoms with E-state index < -0.39 is 0 Å². The van der Waals surface area contributed by atoms with E-state index in [0.29, 0.717) is 0 Å². The molecule has 0 aliphatic carbocycles. The van der Waals surface area contributed by atoms with Crippen LogP contribution in [0.3, 0.4) is 0 Å². The molecule has 19 heavy (non-hydrogen) atoms. The van der Waals surface area contributed by atoms with Crippen molar-refractivity contribution < 1.29 is 0 Å². The second-order valence-corrected chi connectivity index (χ2v) is 6.01. The summed E-state index contributed by atoms with van der Waals surface area (Å²) >= 11 is 1.87. The van der Waals surface area contributed by atoms with E-state index in [0.717, 1.165) is 31.4 Å². The molecule has 0 fully saturated rings. The van der Waals surface area contributed by atoms with Crippen molar-refractivity contribution >= 4 is 41.3 Å². The SMILES string of the molecule is CCc1ccc(CNC(=NC)NCCC(C)C)s1.I. The first-order chi connectivity index (χ1) is 8.65. The predicted molar refractivity (Wildman–Crippen MR) is 96.8 cm³/mol. The van der Waals surface area contributed by atoms with E-state index in [9.17, 15) is 0 Å². The topological polar surface area (TPSA) is 36.4 Å². The van der Waals surface area contributed by atoms with Gasteiger partial charge in [-0.1, -0.05) is 20.8 Å². The summed E-state index contributed by atoms with van der Waals surface area (Å²) in [6, 6.07) is 4.40. The maximum atomic E-state index is 4.23. The number of guanidine groups is 1. The highest BCUT2D eigenvalue weighted by Crippen LogP contribution is 2.16. The maximum Gasteiger partial charge on any atom is 0.191 e. The van der Waals surface area contributed by atoms with Crippen molar-refractivity contribution in [2.75, 3.05) is 13.6 Å². The molecule has 1 aromatic rings. The fourth-order valence-electron chi connectivity index (χ4n) is 1.58. The van der Waals surface area contributed by atoms with Crippen molar-refractivity contribution in [1.29, 1.82) is 0 Å². The molecule has 1 aromatic heterocycles. The fourth-order valence-corrected chi connectivity index (χ4v) is 2.48. The van der Waals surface area contributed by atoms with Gasteiger partial charge < -0.3 is 10.6 Å². The number of rotatable bonds is 6. The number of aliphatic imine (C=N–C) groups is 1. The summed E-state index contributed by atoms with van der Waals surface area (Å²) < 4.78 is 0. The minimum Gasteiger partial charge on any atom is -0.356 e. The van der Waals surface area contributed by atoms with E-state index in [-0.39, 0.29) is 24.0 Å². The van der Waals surface area contributed by atoms with Crippen molar-refractivity contribution in [2.24, 2.45) is 10.9 Å². The molecular formula is C14H26IN3S. The molecule has 0 amide bonds. The zero-order chi connectivity index (χ0) is 13.4. The molecule has 0 radical (unpaired) electrons. The summed E-state index contributed by atoms with van der Waals surface area (Å²) in [5.74, 6) is 1.61. The molecule has 110 valence electrons. The number of nitrogens with zero attached hydrogens (tertiary/aromatic N) is 1. The quantitative estimate of drug-likeness (QED) is 0.438. The first-order valence-corrected chi connectivity index (χ1v) is 7.49. The van der Waals surface area contributed by atoms with Gasteiger partial charge in [-0.05, 0) is 30.9 Å². The molecule has 0 bridgehead atoms. The molecule has 0 saturated carbocycles. The molecule has 0 saturated heterocycles. The summed E-state index contributed by atoms with van der Waals surface area (Å²) in [6.07, 6.45) is 2.28. The van der Waals surface area contributed by atoms with Crippen LogP contribution in [0.4, 0.5) is 0 Å². The van der Waals surface area contributed by atoms with E-state index >= 15 is 0 Å². The van der Waals surface area contributed by atoms with Crippen LogP contribution in [0.5, 0.6) is 0 Å². The summed E-state index contributed by atoms with van der Waals surface area (Å²) in [4.78, 5) is 7.03. The monoisotopic (exact) mass is 395 g/mol. The Morgan fingerprint density at radius 2 is 1.95 bits per heavy atom. The van der Waals surface area contributed by atoms with Crippen molar-refractivity contribution in [1.82, 2.24) is 10.6 Å². The van der Waals surface area contributed by atoms with Gasteiger partial charge in [-0.3, -0.25) is 4.99 Å². The van der Waals surface area contributed by atoms with E-state index in [1.165, 1.54) is 16.2 Å². The Morgan fingerprint density at radius 3 is 2.47 bits per heavy atom. The van der Waals surface area contributed by atoms with Crippen LogP contribution in [-0.2, 0) is 13.0 Å². The maximum absolute atomic E-state index is 4.23. The number of nitrogens with one attached hydrogen (secondary N) is 2. The Morgan fingerprint density at radius 1 is 1.26 bits per heavy atom. The third kappa shape index (κ3) is 7.77. The second kappa shape index (κ2) is 10.5. The fraction of sp³-hybridized carbons (Fsp3) is 0.643. The number of aryl methyl sites for hydroxylation is 1. The lowest BCUT2D eigenvalue weighted by atomic mass is 10.1. The lowest BCUT2D eigenvalue weighted by Crippen LogP contribution is -2.37. The van der Waals surface area contributed by atoms with Gasteiger partial charge in [0.1, 0.15) is 0 Å². The first kappa shape index (κ1) is 18.7. The van der Waals surface area contributed by atoms with Gasteiger partial charge in [0.25, 0.3) is 0 Å². The van der Waals surface area contributed by atoms with Gasteiger partial charge in [-0.2, -0.15) is 0 Å². The van der Waals surface area contributed by atoms with Crippen LogP contribution in [-0.4, -0.2) is 19.6 Å². The lowest BCUT2D eigenvalue weighted by molar-refractivity contribution is 0.574. The van der Waals surface area contributed by atoms with Gasteiger partial charge in [-0.15, -0.1) is 35.3 Å². The lowest BCUT2D eigenvalue weighted by Gasteiger charge is -2.12. The molecule has 1 rings (SSSR count). The summed E-state index contributed by atoms with van der Waals surface area (Å²) in [5.41, 5.74) is 0. The van der Waals surface area contributed by atoms with E-state index in [1.54, 1.807) is 0 Å². The van der Waals surface area contributed by atoms with E-state index in [2.05, 4.69) is 48.5 Å². The summed E-state index contributed by atoms with van der Waals surface area (Å²) in [7, 11) is 1.82. The second-order valence-electron chi connectivity index (χ2n) is 4.76. The Labute approximate surface area is 138 Å². The van der Waals surface area contributed by atoms with Crippen molar-refractivity contribution in [3.63, 3.8) is 0 Å². The molecule has 0 unspecified atom stereocenters. The van der Waals surface area contributed by atoms with Gasteiger partial charge in [-0.25, -0.2) is 0 Å². The number of hydrogen-bond donors (Lipinski definition) is 2. The van der Waals surface area contributed by atoms with Crippen LogP contribution >= 0.6 is 35.3 Å². The third-order valence-corrected chi connectivity index (χ3v) is 3.96. The first-order valence-electron chi connectivity index (χ1n) is 6.67. The van der Waals surface area contributed by atoms with Crippen LogP contribution in [0.2, 0.25) is 0 Å². The van der Waals surface area contributed by atoms with Gasteiger partial charge in [0.2, 0.25) is 0 Å². The van der Waals surface area contributed by atoms with Gasteiger partial charge in [0, 0.05) is 23.3 Å². The summed E-state index contributed by atoms with van der Waals surface area (Å²) in [6.45, 7) is 8.48. The average molecular weight is 395 g/mol. The van der Waals surface area contributed by atoms with E-state index in [4.69, 9.17) is 0 Å². The Bertz CT molecular complexity index is 375. The molecule has 0 spiro atoms. The average Bonchev–Trinajstić information content (AvgIpc) is 2.81. The molecule has 0 aliphatic rings. The molecule has 0 atom stereocenters. The van der Waals surface area contributed by atoms with Crippen LogP contribution < -0.4 is 10.6 Å². The number of halogens is 1. The highest BCUT2D eigenvalue weighted by Gasteiger charge is 2.01. The van der Waals surface area contributed by atoms with Crippen LogP contribution in [0.1, 0.15) is 36.9 Å². The third-order valence-electron chi connectivity index (χ3n) is 2.73. The Kier molecular flexibility index (Phi) is 10.3. The zero-order valence-electron chi connectivity index (χ0n) is 12.3. The van der Waals surface area contributed by atoms with Crippen LogP contribution in [0, 0.1) is 5.92 Å². The molecule has 5 heteroatoms. The highest BCUT2D eigenvalue weighted by atomic mass is 127. The Balaban J connectivity index is 0.00000324. The minimum atomic E-state index is 0. The highest BCUT2D eigenvalue weighted by molar-refractivity contribution is 14.0. The van der Waals surface area contributed by atoms with Crippen molar-refractivity contribution in [3.05, 3.63) is 21.9 Å². The molecule has 3 nitrogen and oxygen atoms in total. The predicted octanol–water partition coefficient (Wildman–Crippen LogP) is 3.64. The van der Waals surface area contributed by atoms with Crippen molar-refractivity contribution in [3.8, 4) is 0 Å². The number of thiophene rings is 1. The van der Waals surface area contributed by atoms with Crippen LogP contribution in [0.15, 0.2) is 17.1 Å². The molecule has 0 aromatic carbocycles. The van der Waals surface area contributed by atoms with Crippen LogP contribution in [0.25, 0.3) is 0 Å². The smallest absolute Gasteiger partial charge is 0.191 e. The number of hydrogen-bond acceptors (Lipinski definition) is 2. The largest absolute Gasteiger partial charge is 0.356 e. The summed E-state index contributed by atoms with van der Waals surface area (Å²) in [5, 5.41) is 6.68. The van der Waals surface area contributed by atoms with Gasteiger partial charge in [0.15, 0.2) is 5.96 Å². The van der Waals surface area contributed by atoms with Gasteiger partial charge >= 0.3 is 0 Å². The molecule has 0 aliphatic heterocycles. The molecule has 2 N–H and O–H groups in total. The zero-order valence-corrected chi connectivity index (χ0v) is 15.5. The van der Waals surface area contributed by atoms with Gasteiger partial charge in [0.05, 0.1) is 6.54 Å². The van der Waals surface area contributed by atoms with Crippen molar-refractivity contribution in [2.45, 2.75) is 40.2 Å². The Hall–Kier alpha value is -0.300. The normalized spacial score (nSPS) is 11.3.